The Labute approximate surface area is 152 Å². The zero-order chi connectivity index (χ0) is 15.4. The topological polar surface area (TPSA) is 9.23 Å². The van der Waals surface area contributed by atoms with Gasteiger partial charge in [0.05, 0.1) is 0 Å². The molecule has 0 atom stereocenters. The summed E-state index contributed by atoms with van der Waals surface area (Å²) in [5.74, 6) is 0. The van der Waals surface area contributed by atoms with Gasteiger partial charge in [0, 0.05) is 30.6 Å². The fourth-order valence-corrected chi connectivity index (χ4v) is 2.78. The van der Waals surface area contributed by atoms with E-state index in [2.05, 4.69) is 13.8 Å². The van der Waals surface area contributed by atoms with Crippen LogP contribution in [-0.4, -0.2) is 30.6 Å². The fourth-order valence-electron chi connectivity index (χ4n) is 2.78. The van der Waals surface area contributed by atoms with Crippen molar-refractivity contribution in [1.29, 1.82) is 0 Å². The van der Waals surface area contributed by atoms with Crippen molar-refractivity contribution in [3.8, 4) is 0 Å². The van der Waals surface area contributed by atoms with E-state index in [0.29, 0.717) is 0 Å². The summed E-state index contributed by atoms with van der Waals surface area (Å²) in [4.78, 5) is 0. The van der Waals surface area contributed by atoms with Crippen LogP contribution in [0, 0.1) is 0 Å². The summed E-state index contributed by atoms with van der Waals surface area (Å²) in [5.41, 5.74) is 0. The SMILES string of the molecule is CCCCCCCCCCOCCCCCCCCCC.[Al]. The molecule has 0 unspecified atom stereocenters. The minimum atomic E-state index is 0. The van der Waals surface area contributed by atoms with E-state index in [4.69, 9.17) is 4.74 Å². The first-order valence-electron chi connectivity index (χ1n) is 9.99. The zero-order valence-electron chi connectivity index (χ0n) is 15.7. The molecule has 0 aliphatic rings. The molecule has 0 aromatic heterocycles. The number of ether oxygens (including phenoxy) is 1. The van der Waals surface area contributed by atoms with Crippen LogP contribution in [-0.2, 0) is 4.74 Å². The van der Waals surface area contributed by atoms with E-state index >= 15 is 0 Å². The molecule has 0 saturated heterocycles. The molecule has 1 nitrogen and oxygen atoms in total. The molecule has 0 bridgehead atoms. The molecule has 0 N–H and O–H groups in total. The third-order valence-electron chi connectivity index (χ3n) is 4.28. The van der Waals surface area contributed by atoms with E-state index < -0.39 is 0 Å². The standard InChI is InChI=1S/C20H42O.Al/c1-3-5-7-9-11-13-15-17-19-21-20-18-16-14-12-10-8-6-4-2;/h3-20H2,1-2H3;. The van der Waals surface area contributed by atoms with Gasteiger partial charge in [-0.2, -0.15) is 0 Å². The van der Waals surface area contributed by atoms with E-state index in [1.54, 1.807) is 0 Å². The van der Waals surface area contributed by atoms with Gasteiger partial charge < -0.3 is 4.74 Å². The normalized spacial score (nSPS) is 10.6. The highest BCUT2D eigenvalue weighted by Crippen LogP contribution is 2.10. The molecule has 0 fully saturated rings. The van der Waals surface area contributed by atoms with Crippen LogP contribution >= 0.6 is 0 Å². The summed E-state index contributed by atoms with van der Waals surface area (Å²) in [5, 5.41) is 0. The molecule has 0 aliphatic carbocycles. The first kappa shape index (κ1) is 24.7. The maximum Gasteiger partial charge on any atom is 0.0466 e. The lowest BCUT2D eigenvalue weighted by atomic mass is 10.1. The van der Waals surface area contributed by atoms with Crippen LogP contribution in [0.25, 0.3) is 0 Å². The minimum Gasteiger partial charge on any atom is -0.381 e. The second-order valence-electron chi connectivity index (χ2n) is 6.56. The van der Waals surface area contributed by atoms with Gasteiger partial charge >= 0.3 is 0 Å². The summed E-state index contributed by atoms with van der Waals surface area (Å²) < 4.78 is 5.72. The number of hydrogen-bond donors (Lipinski definition) is 0. The molecule has 3 radical (unpaired) electrons. The smallest absolute Gasteiger partial charge is 0.0466 e. The van der Waals surface area contributed by atoms with Gasteiger partial charge in [-0.25, -0.2) is 0 Å². The zero-order valence-corrected chi connectivity index (χ0v) is 16.9. The Balaban J connectivity index is 0. The van der Waals surface area contributed by atoms with E-state index in [9.17, 15) is 0 Å². The monoisotopic (exact) mass is 325 g/mol. The summed E-state index contributed by atoms with van der Waals surface area (Å²) in [6.45, 7) is 6.55. The van der Waals surface area contributed by atoms with Crippen LogP contribution in [0.5, 0.6) is 0 Å². The predicted octanol–water partition coefficient (Wildman–Crippen LogP) is 6.90. The Bertz CT molecular complexity index is 155. The van der Waals surface area contributed by atoms with Crippen LogP contribution in [0.3, 0.4) is 0 Å². The van der Waals surface area contributed by atoms with Gasteiger partial charge in [-0.1, -0.05) is 104 Å². The summed E-state index contributed by atoms with van der Waals surface area (Å²) in [6.07, 6.45) is 22.2. The van der Waals surface area contributed by atoms with Crippen LogP contribution in [0.1, 0.15) is 117 Å². The number of hydrogen-bond acceptors (Lipinski definition) is 1. The predicted molar refractivity (Wildman–Crippen MR) is 102 cm³/mol. The molecule has 0 amide bonds. The van der Waals surface area contributed by atoms with Crippen molar-refractivity contribution in [1.82, 2.24) is 0 Å². The molecule has 0 rings (SSSR count). The van der Waals surface area contributed by atoms with Gasteiger partial charge in [0.15, 0.2) is 0 Å². The van der Waals surface area contributed by atoms with Gasteiger partial charge in [-0.05, 0) is 12.8 Å². The first-order chi connectivity index (χ1) is 10.4. The molecule has 0 aromatic rings. The van der Waals surface area contributed by atoms with Crippen LogP contribution in [0.4, 0.5) is 0 Å². The van der Waals surface area contributed by atoms with Crippen LogP contribution in [0.15, 0.2) is 0 Å². The summed E-state index contributed by atoms with van der Waals surface area (Å²) >= 11 is 0. The first-order valence-corrected chi connectivity index (χ1v) is 9.99. The molecule has 22 heavy (non-hydrogen) atoms. The van der Waals surface area contributed by atoms with Gasteiger partial charge in [-0.15, -0.1) is 0 Å². The van der Waals surface area contributed by atoms with Gasteiger partial charge in [0.25, 0.3) is 0 Å². The highest BCUT2D eigenvalue weighted by Gasteiger charge is 1.94. The summed E-state index contributed by atoms with van der Waals surface area (Å²) in [7, 11) is 0. The largest absolute Gasteiger partial charge is 0.381 e. The third kappa shape index (κ3) is 22.8. The molecule has 0 saturated carbocycles. The van der Waals surface area contributed by atoms with Crippen molar-refractivity contribution in [2.45, 2.75) is 117 Å². The Kier molecular flexibility index (Phi) is 26.7. The Morgan fingerprint density at radius 3 is 1.00 bits per heavy atom. The maximum absolute atomic E-state index is 5.72. The molecular formula is C20H42AlO. The molecule has 0 heterocycles. The molecule has 0 aromatic carbocycles. The molecule has 131 valence electrons. The molecule has 0 spiro atoms. The fraction of sp³-hybridized carbons (Fsp3) is 1.00. The van der Waals surface area contributed by atoms with Crippen LogP contribution < -0.4 is 0 Å². The van der Waals surface area contributed by atoms with Crippen molar-refractivity contribution in [3.63, 3.8) is 0 Å². The number of rotatable bonds is 18. The highest BCUT2D eigenvalue weighted by molar-refractivity contribution is 5.75. The quantitative estimate of drug-likeness (QED) is 0.197. The van der Waals surface area contributed by atoms with Gasteiger partial charge in [0.1, 0.15) is 0 Å². The van der Waals surface area contributed by atoms with Crippen molar-refractivity contribution in [2.75, 3.05) is 13.2 Å². The second-order valence-corrected chi connectivity index (χ2v) is 6.56. The third-order valence-corrected chi connectivity index (χ3v) is 4.28. The maximum atomic E-state index is 5.72. The van der Waals surface area contributed by atoms with E-state index in [-0.39, 0.29) is 17.4 Å². The second kappa shape index (κ2) is 23.8. The Morgan fingerprint density at radius 1 is 0.409 bits per heavy atom. The lowest BCUT2D eigenvalue weighted by molar-refractivity contribution is 0.125. The summed E-state index contributed by atoms with van der Waals surface area (Å²) in [6, 6.07) is 0. The molecule has 0 aliphatic heterocycles. The Hall–Kier alpha value is 0.492. The van der Waals surface area contributed by atoms with Crippen molar-refractivity contribution < 1.29 is 4.74 Å². The van der Waals surface area contributed by atoms with E-state index in [1.807, 2.05) is 0 Å². The average Bonchev–Trinajstić information content (AvgIpc) is 2.50. The Morgan fingerprint density at radius 2 is 0.682 bits per heavy atom. The average molecular weight is 326 g/mol. The van der Waals surface area contributed by atoms with Crippen molar-refractivity contribution >= 4 is 17.4 Å². The molecular weight excluding hydrogens is 283 g/mol. The number of unbranched alkanes of at least 4 members (excludes halogenated alkanes) is 14. The van der Waals surface area contributed by atoms with Crippen LogP contribution in [0.2, 0.25) is 0 Å². The van der Waals surface area contributed by atoms with Gasteiger partial charge in [0.2, 0.25) is 0 Å². The van der Waals surface area contributed by atoms with Gasteiger partial charge in [-0.3, -0.25) is 0 Å². The van der Waals surface area contributed by atoms with Crippen molar-refractivity contribution in [3.05, 3.63) is 0 Å². The van der Waals surface area contributed by atoms with Crippen molar-refractivity contribution in [2.24, 2.45) is 0 Å². The highest BCUT2D eigenvalue weighted by atomic mass is 27.0. The minimum absolute atomic E-state index is 0. The lowest BCUT2D eigenvalue weighted by Gasteiger charge is -2.05. The lowest BCUT2D eigenvalue weighted by Crippen LogP contribution is -1.97. The van der Waals surface area contributed by atoms with E-state index in [0.717, 1.165) is 13.2 Å². The molecule has 2 heteroatoms. The van der Waals surface area contributed by atoms with E-state index in [1.165, 1.54) is 103 Å².